The lowest BCUT2D eigenvalue weighted by Crippen LogP contribution is -2.58. The Morgan fingerprint density at radius 1 is 1.33 bits per heavy atom. The molecule has 0 saturated carbocycles. The Labute approximate surface area is 121 Å². The summed E-state index contributed by atoms with van der Waals surface area (Å²) in [5.74, 6) is -1.67. The third kappa shape index (κ3) is 2.60. The topological polar surface area (TPSA) is 111 Å². The summed E-state index contributed by atoms with van der Waals surface area (Å²) in [7, 11) is 0. The number of nitrogens with zero attached hydrogens (tertiary/aromatic N) is 2. The molecule has 0 radical (unpaired) electrons. The molecular formula is C12H18N4O5. The summed E-state index contributed by atoms with van der Waals surface area (Å²) >= 11 is 0. The number of hydrogen-bond donors (Lipinski definition) is 3. The number of nitrogens with one attached hydrogen (secondary N) is 2. The molecule has 0 aromatic heterocycles. The van der Waals surface area contributed by atoms with E-state index in [0.717, 1.165) is 0 Å². The SMILES string of the molecule is O=C(O)C1COCC1NC(=O)N1CCN2C(=O)NCC2C1. The first kappa shape index (κ1) is 13.9. The number of carboxylic acid groups (broad SMARTS) is 1. The fraction of sp³-hybridized carbons (Fsp3) is 0.750. The summed E-state index contributed by atoms with van der Waals surface area (Å²) in [6.45, 7) is 2.26. The maximum Gasteiger partial charge on any atom is 0.317 e. The van der Waals surface area contributed by atoms with Gasteiger partial charge in [-0.25, -0.2) is 9.59 Å². The minimum absolute atomic E-state index is 0.00732. The van der Waals surface area contributed by atoms with Crippen LogP contribution in [0.4, 0.5) is 9.59 Å². The van der Waals surface area contributed by atoms with Gasteiger partial charge in [-0.2, -0.15) is 0 Å². The first-order chi connectivity index (χ1) is 10.1. The number of rotatable bonds is 2. The fourth-order valence-electron chi connectivity index (χ4n) is 2.98. The third-order valence-corrected chi connectivity index (χ3v) is 4.23. The lowest BCUT2D eigenvalue weighted by Gasteiger charge is -2.36. The monoisotopic (exact) mass is 298 g/mol. The molecule has 21 heavy (non-hydrogen) atoms. The Kier molecular flexibility index (Phi) is 3.58. The number of carbonyl (C=O) groups excluding carboxylic acids is 2. The molecule has 3 rings (SSSR count). The van der Waals surface area contributed by atoms with Gasteiger partial charge in [0.1, 0.15) is 5.92 Å². The molecule has 0 aromatic rings. The van der Waals surface area contributed by atoms with Crippen molar-refractivity contribution in [1.29, 1.82) is 0 Å². The molecule has 3 atom stereocenters. The molecule has 116 valence electrons. The number of ether oxygens (including phenoxy) is 1. The van der Waals surface area contributed by atoms with Gasteiger partial charge in [0, 0.05) is 26.2 Å². The standard InChI is InChI=1S/C12H18N4O5/c17-10(18)8-5-21-6-9(8)14-12(20)15-1-2-16-7(4-15)3-13-11(16)19/h7-9H,1-6H2,(H,13,19)(H,14,20)(H,17,18). The van der Waals surface area contributed by atoms with E-state index in [2.05, 4.69) is 10.6 Å². The highest BCUT2D eigenvalue weighted by atomic mass is 16.5. The van der Waals surface area contributed by atoms with E-state index in [-0.39, 0.29) is 31.3 Å². The largest absolute Gasteiger partial charge is 0.481 e. The Bertz CT molecular complexity index is 471. The second-order valence-electron chi connectivity index (χ2n) is 5.52. The normalized spacial score (nSPS) is 31.8. The Morgan fingerprint density at radius 2 is 2.14 bits per heavy atom. The zero-order valence-electron chi connectivity index (χ0n) is 11.4. The molecule has 9 heteroatoms. The van der Waals surface area contributed by atoms with Crippen LogP contribution in [0, 0.1) is 5.92 Å². The van der Waals surface area contributed by atoms with Crippen LogP contribution in [0.3, 0.4) is 0 Å². The highest BCUT2D eigenvalue weighted by molar-refractivity contribution is 5.79. The van der Waals surface area contributed by atoms with Crippen molar-refractivity contribution in [2.75, 3.05) is 39.4 Å². The van der Waals surface area contributed by atoms with Crippen LogP contribution in [0.25, 0.3) is 0 Å². The van der Waals surface area contributed by atoms with E-state index in [9.17, 15) is 14.4 Å². The Hall–Kier alpha value is -2.03. The summed E-state index contributed by atoms with van der Waals surface area (Å²) in [6, 6.07) is -0.894. The molecule has 3 aliphatic rings. The van der Waals surface area contributed by atoms with Gasteiger partial charge in [-0.15, -0.1) is 0 Å². The average Bonchev–Trinajstić information content (AvgIpc) is 3.06. The fourth-order valence-corrected chi connectivity index (χ4v) is 2.98. The lowest BCUT2D eigenvalue weighted by molar-refractivity contribution is -0.142. The molecular weight excluding hydrogens is 280 g/mol. The molecule has 0 aromatic carbocycles. The number of urea groups is 2. The Balaban J connectivity index is 1.56. The van der Waals surface area contributed by atoms with Gasteiger partial charge < -0.3 is 30.3 Å². The van der Waals surface area contributed by atoms with E-state index in [1.165, 1.54) is 0 Å². The minimum Gasteiger partial charge on any atom is -0.481 e. The zero-order chi connectivity index (χ0) is 15.0. The number of amides is 4. The molecule has 3 fully saturated rings. The highest BCUT2D eigenvalue weighted by Crippen LogP contribution is 2.17. The van der Waals surface area contributed by atoms with Crippen molar-refractivity contribution in [2.24, 2.45) is 5.92 Å². The van der Waals surface area contributed by atoms with Crippen LogP contribution in [0.5, 0.6) is 0 Å². The van der Waals surface area contributed by atoms with Crippen molar-refractivity contribution < 1.29 is 24.2 Å². The minimum atomic E-state index is -0.965. The molecule has 3 N–H and O–H groups in total. The molecule has 3 aliphatic heterocycles. The molecule has 4 amide bonds. The number of carboxylic acids is 1. The maximum absolute atomic E-state index is 12.2. The summed E-state index contributed by atoms with van der Waals surface area (Å²) in [6.07, 6.45) is 0. The highest BCUT2D eigenvalue weighted by Gasteiger charge is 2.39. The predicted molar refractivity (Wildman–Crippen MR) is 69.7 cm³/mol. The van der Waals surface area contributed by atoms with Gasteiger partial charge in [0.15, 0.2) is 0 Å². The van der Waals surface area contributed by atoms with E-state index < -0.39 is 17.9 Å². The van der Waals surface area contributed by atoms with Crippen molar-refractivity contribution in [2.45, 2.75) is 12.1 Å². The quantitative estimate of drug-likeness (QED) is 0.575. The molecule has 3 saturated heterocycles. The van der Waals surface area contributed by atoms with Crippen LogP contribution >= 0.6 is 0 Å². The molecule has 3 heterocycles. The van der Waals surface area contributed by atoms with E-state index >= 15 is 0 Å². The number of hydrogen-bond acceptors (Lipinski definition) is 4. The van der Waals surface area contributed by atoms with Crippen molar-refractivity contribution in [3.63, 3.8) is 0 Å². The second-order valence-corrected chi connectivity index (χ2v) is 5.52. The summed E-state index contributed by atoms with van der Waals surface area (Å²) in [4.78, 5) is 38.1. The molecule has 3 unspecified atom stereocenters. The van der Waals surface area contributed by atoms with Gasteiger partial charge in [-0.1, -0.05) is 0 Å². The van der Waals surface area contributed by atoms with Crippen LogP contribution in [0.1, 0.15) is 0 Å². The van der Waals surface area contributed by atoms with Gasteiger partial charge in [-0.3, -0.25) is 4.79 Å². The maximum atomic E-state index is 12.2. The molecule has 9 nitrogen and oxygen atoms in total. The average molecular weight is 298 g/mol. The van der Waals surface area contributed by atoms with Crippen LogP contribution in [0.2, 0.25) is 0 Å². The van der Waals surface area contributed by atoms with Crippen molar-refractivity contribution in [3.05, 3.63) is 0 Å². The smallest absolute Gasteiger partial charge is 0.317 e. The van der Waals surface area contributed by atoms with E-state index in [0.29, 0.717) is 26.2 Å². The van der Waals surface area contributed by atoms with E-state index in [4.69, 9.17) is 9.84 Å². The summed E-state index contributed by atoms with van der Waals surface area (Å²) < 4.78 is 5.13. The van der Waals surface area contributed by atoms with Gasteiger partial charge in [0.25, 0.3) is 0 Å². The van der Waals surface area contributed by atoms with Gasteiger partial charge in [0.05, 0.1) is 25.3 Å². The zero-order valence-corrected chi connectivity index (χ0v) is 11.4. The van der Waals surface area contributed by atoms with Crippen LogP contribution in [-0.4, -0.2) is 84.4 Å². The first-order valence-corrected chi connectivity index (χ1v) is 6.96. The number of piperazine rings is 1. The van der Waals surface area contributed by atoms with E-state index in [1.807, 2.05) is 0 Å². The third-order valence-electron chi connectivity index (χ3n) is 4.23. The van der Waals surface area contributed by atoms with Crippen LogP contribution in [0.15, 0.2) is 0 Å². The second kappa shape index (κ2) is 5.40. The van der Waals surface area contributed by atoms with E-state index in [1.54, 1.807) is 9.80 Å². The number of carbonyl (C=O) groups is 3. The van der Waals surface area contributed by atoms with Crippen molar-refractivity contribution in [1.82, 2.24) is 20.4 Å². The number of fused-ring (bicyclic) bond motifs is 1. The van der Waals surface area contributed by atoms with Crippen molar-refractivity contribution >= 4 is 18.0 Å². The summed E-state index contributed by atoms with van der Waals surface area (Å²) in [5.41, 5.74) is 0. The number of aliphatic carboxylic acids is 1. The first-order valence-electron chi connectivity index (χ1n) is 6.96. The predicted octanol–water partition coefficient (Wildman–Crippen LogP) is -1.49. The van der Waals surface area contributed by atoms with Crippen LogP contribution < -0.4 is 10.6 Å². The van der Waals surface area contributed by atoms with Gasteiger partial charge in [-0.05, 0) is 0 Å². The van der Waals surface area contributed by atoms with Crippen molar-refractivity contribution in [3.8, 4) is 0 Å². The van der Waals surface area contributed by atoms with Crippen LogP contribution in [-0.2, 0) is 9.53 Å². The molecule has 0 spiro atoms. The molecule has 0 bridgehead atoms. The Morgan fingerprint density at radius 3 is 2.90 bits per heavy atom. The summed E-state index contributed by atoms with van der Waals surface area (Å²) in [5, 5.41) is 14.5. The van der Waals surface area contributed by atoms with Gasteiger partial charge >= 0.3 is 18.0 Å². The molecule has 0 aliphatic carbocycles. The van der Waals surface area contributed by atoms with Gasteiger partial charge in [0.2, 0.25) is 0 Å². The lowest BCUT2D eigenvalue weighted by atomic mass is 10.0.